The molecule has 1 amide bonds. The first kappa shape index (κ1) is 23.3. The first-order valence-corrected chi connectivity index (χ1v) is 11.2. The van der Waals surface area contributed by atoms with Crippen LogP contribution in [0.1, 0.15) is 24.0 Å². The van der Waals surface area contributed by atoms with Gasteiger partial charge in [-0.05, 0) is 36.2 Å². The average molecular weight is 462 g/mol. The molecule has 0 bridgehead atoms. The second-order valence-electron chi connectivity index (χ2n) is 6.93. The Bertz CT molecular complexity index is 1140. The monoisotopic (exact) mass is 462 g/mol. The van der Waals surface area contributed by atoms with E-state index in [4.69, 9.17) is 0 Å². The van der Waals surface area contributed by atoms with E-state index >= 15 is 0 Å². The van der Waals surface area contributed by atoms with Gasteiger partial charge in [-0.3, -0.25) is 4.79 Å². The van der Waals surface area contributed by atoms with Gasteiger partial charge in [-0.25, -0.2) is 8.42 Å². The highest BCUT2D eigenvalue weighted by Gasteiger charge is 2.47. The van der Waals surface area contributed by atoms with Crippen molar-refractivity contribution in [3.63, 3.8) is 0 Å². The molecule has 3 aromatic rings. The first-order valence-electron chi connectivity index (χ1n) is 9.75. The van der Waals surface area contributed by atoms with Crippen molar-refractivity contribution >= 4 is 27.1 Å². The molecule has 0 saturated carbocycles. The maximum absolute atomic E-state index is 13.3. The van der Waals surface area contributed by atoms with Crippen molar-refractivity contribution in [1.29, 1.82) is 0 Å². The summed E-state index contributed by atoms with van der Waals surface area (Å²) in [5, 5.41) is 5.55. The Morgan fingerprint density at radius 2 is 1.41 bits per heavy atom. The summed E-state index contributed by atoms with van der Waals surface area (Å²) in [6.07, 6.45) is 0. The smallest absolute Gasteiger partial charge is 0.384 e. The summed E-state index contributed by atoms with van der Waals surface area (Å²) in [6.45, 7) is 2.18. The van der Waals surface area contributed by atoms with Crippen molar-refractivity contribution in [2.75, 3.05) is 17.2 Å². The van der Waals surface area contributed by atoms with Crippen LogP contribution in [0.4, 0.5) is 24.5 Å². The SMILES string of the molecule is CCNc1ccc(S(=O)(=O)C(F)(F)F)cc1NC(=O)C(c1ccccc1)c1ccccc1. The molecule has 0 spiro atoms. The second-order valence-corrected chi connectivity index (χ2v) is 8.87. The molecule has 0 unspecified atom stereocenters. The predicted octanol–water partition coefficient (Wildman–Crippen LogP) is 5.18. The van der Waals surface area contributed by atoms with Crippen LogP contribution in [0.25, 0.3) is 0 Å². The molecule has 2 N–H and O–H groups in total. The van der Waals surface area contributed by atoms with Crippen molar-refractivity contribution in [2.45, 2.75) is 23.2 Å². The van der Waals surface area contributed by atoms with E-state index in [1.54, 1.807) is 67.6 Å². The van der Waals surface area contributed by atoms with Gasteiger partial charge in [0.15, 0.2) is 0 Å². The molecule has 32 heavy (non-hydrogen) atoms. The quantitative estimate of drug-likeness (QED) is 0.507. The van der Waals surface area contributed by atoms with Gasteiger partial charge in [0.05, 0.1) is 22.2 Å². The highest BCUT2D eigenvalue weighted by Crippen LogP contribution is 2.35. The Labute approximate surface area is 184 Å². The van der Waals surface area contributed by atoms with E-state index in [0.29, 0.717) is 23.4 Å². The lowest BCUT2D eigenvalue weighted by atomic mass is 9.90. The van der Waals surface area contributed by atoms with E-state index in [9.17, 15) is 26.4 Å². The summed E-state index contributed by atoms with van der Waals surface area (Å²) in [4.78, 5) is 12.4. The van der Waals surface area contributed by atoms with Gasteiger partial charge in [0, 0.05) is 6.54 Å². The fraction of sp³-hybridized carbons (Fsp3) is 0.174. The van der Waals surface area contributed by atoms with E-state index in [1.807, 2.05) is 0 Å². The third-order valence-corrected chi connectivity index (χ3v) is 6.24. The fourth-order valence-corrected chi connectivity index (χ4v) is 4.05. The third kappa shape index (κ3) is 4.94. The van der Waals surface area contributed by atoms with E-state index in [-0.39, 0.29) is 5.69 Å². The molecule has 0 aromatic heterocycles. The van der Waals surface area contributed by atoms with Crippen LogP contribution < -0.4 is 10.6 Å². The van der Waals surface area contributed by atoms with Crippen LogP contribution in [0.3, 0.4) is 0 Å². The lowest BCUT2D eigenvalue weighted by Crippen LogP contribution is -2.25. The highest BCUT2D eigenvalue weighted by molar-refractivity contribution is 7.92. The lowest BCUT2D eigenvalue weighted by Gasteiger charge is -2.20. The van der Waals surface area contributed by atoms with Crippen LogP contribution in [-0.4, -0.2) is 26.4 Å². The van der Waals surface area contributed by atoms with Gasteiger partial charge in [-0.1, -0.05) is 60.7 Å². The van der Waals surface area contributed by atoms with E-state index in [0.717, 1.165) is 12.1 Å². The number of carbonyl (C=O) groups excluding carboxylic acids is 1. The number of amides is 1. The minimum Gasteiger partial charge on any atom is -0.384 e. The molecular formula is C23H21F3N2O3S. The number of hydrogen-bond donors (Lipinski definition) is 2. The van der Waals surface area contributed by atoms with Crippen LogP contribution in [0.2, 0.25) is 0 Å². The van der Waals surface area contributed by atoms with Crippen LogP contribution in [0.15, 0.2) is 83.8 Å². The summed E-state index contributed by atoms with van der Waals surface area (Å²) < 4.78 is 62.9. The molecule has 0 atom stereocenters. The van der Waals surface area contributed by atoms with Gasteiger partial charge in [0.25, 0.3) is 9.84 Å². The molecule has 0 saturated heterocycles. The molecule has 0 aliphatic carbocycles. The zero-order valence-electron chi connectivity index (χ0n) is 17.1. The largest absolute Gasteiger partial charge is 0.501 e. The number of rotatable bonds is 7. The standard InChI is InChI=1S/C23H21F3N2O3S/c1-2-27-19-14-13-18(32(30,31)23(24,25)26)15-20(19)28-22(29)21(16-9-5-3-6-10-16)17-11-7-4-8-12-17/h3-15,21,27H,2H2,1H3,(H,28,29). The summed E-state index contributed by atoms with van der Waals surface area (Å²) in [5.74, 6) is -1.27. The minimum atomic E-state index is -5.57. The van der Waals surface area contributed by atoms with E-state index in [1.165, 1.54) is 6.07 Å². The first-order chi connectivity index (χ1) is 15.1. The molecule has 3 rings (SSSR count). The highest BCUT2D eigenvalue weighted by atomic mass is 32.2. The third-order valence-electron chi connectivity index (χ3n) is 4.76. The van der Waals surface area contributed by atoms with Crippen LogP contribution in [0.5, 0.6) is 0 Å². The van der Waals surface area contributed by atoms with Crippen molar-refractivity contribution in [2.24, 2.45) is 0 Å². The molecular weight excluding hydrogens is 441 g/mol. The lowest BCUT2D eigenvalue weighted by molar-refractivity contribution is -0.116. The summed E-state index contributed by atoms with van der Waals surface area (Å²) in [7, 11) is -5.57. The second kappa shape index (κ2) is 9.44. The van der Waals surface area contributed by atoms with Crippen LogP contribution >= 0.6 is 0 Å². The van der Waals surface area contributed by atoms with Crippen molar-refractivity contribution in [3.05, 3.63) is 90.0 Å². The number of hydrogen-bond acceptors (Lipinski definition) is 4. The Morgan fingerprint density at radius 1 is 0.875 bits per heavy atom. The van der Waals surface area contributed by atoms with Gasteiger partial charge in [0.1, 0.15) is 0 Å². The maximum Gasteiger partial charge on any atom is 0.501 e. The molecule has 5 nitrogen and oxygen atoms in total. The van der Waals surface area contributed by atoms with Crippen LogP contribution in [0, 0.1) is 0 Å². The Morgan fingerprint density at radius 3 is 1.88 bits per heavy atom. The summed E-state index contributed by atoms with van der Waals surface area (Å²) in [6, 6.07) is 20.7. The predicted molar refractivity (Wildman–Crippen MR) is 117 cm³/mol. The topological polar surface area (TPSA) is 75.3 Å². The number of alkyl halides is 3. The molecule has 0 fully saturated rings. The number of halogens is 3. The van der Waals surface area contributed by atoms with Gasteiger partial charge < -0.3 is 10.6 Å². The van der Waals surface area contributed by atoms with E-state index in [2.05, 4.69) is 10.6 Å². The summed E-state index contributed by atoms with van der Waals surface area (Å²) in [5.41, 5.74) is -3.84. The minimum absolute atomic E-state index is 0.0564. The van der Waals surface area contributed by atoms with Crippen molar-refractivity contribution < 1.29 is 26.4 Å². The van der Waals surface area contributed by atoms with Gasteiger partial charge in [-0.2, -0.15) is 13.2 Å². The average Bonchev–Trinajstić information content (AvgIpc) is 2.76. The Hall–Kier alpha value is -3.33. The molecule has 0 radical (unpaired) electrons. The van der Waals surface area contributed by atoms with Crippen molar-refractivity contribution in [1.82, 2.24) is 0 Å². The van der Waals surface area contributed by atoms with Gasteiger partial charge in [0.2, 0.25) is 5.91 Å². The van der Waals surface area contributed by atoms with Crippen molar-refractivity contribution in [3.8, 4) is 0 Å². The Balaban J connectivity index is 2.05. The molecule has 0 heterocycles. The summed E-state index contributed by atoms with van der Waals surface area (Å²) >= 11 is 0. The molecule has 9 heteroatoms. The molecule has 0 aliphatic heterocycles. The van der Waals surface area contributed by atoms with Gasteiger partial charge >= 0.3 is 5.51 Å². The molecule has 168 valence electrons. The number of anilines is 2. The number of nitrogens with one attached hydrogen (secondary N) is 2. The normalized spacial score (nSPS) is 11.9. The zero-order chi connectivity index (χ0) is 23.4. The molecule has 3 aromatic carbocycles. The molecule has 0 aliphatic rings. The zero-order valence-corrected chi connectivity index (χ0v) is 17.9. The number of benzene rings is 3. The Kier molecular flexibility index (Phi) is 6.88. The fourth-order valence-electron chi connectivity index (χ4n) is 3.26. The number of carbonyl (C=O) groups is 1. The number of sulfone groups is 1. The van der Waals surface area contributed by atoms with Gasteiger partial charge in [-0.15, -0.1) is 0 Å². The van der Waals surface area contributed by atoms with E-state index < -0.39 is 32.1 Å². The van der Waals surface area contributed by atoms with Crippen LogP contribution in [-0.2, 0) is 14.6 Å². The maximum atomic E-state index is 13.3.